The molecule has 0 fully saturated rings. The van der Waals surface area contributed by atoms with Crippen LogP contribution >= 0.6 is 24.4 Å². The Hall–Kier alpha value is -1.68. The average molecular weight is 435 g/mol. The first-order chi connectivity index (χ1) is 13.0. The molecule has 0 atom stereocenters. The summed E-state index contributed by atoms with van der Waals surface area (Å²) in [7, 11) is 2.77. The van der Waals surface area contributed by atoms with Crippen molar-refractivity contribution in [2.24, 2.45) is 10.8 Å². The van der Waals surface area contributed by atoms with Crippen LogP contribution in [0.4, 0.5) is 0 Å². The number of carbonyl (C=O) groups excluding carboxylic acids is 2. The van der Waals surface area contributed by atoms with Crippen molar-refractivity contribution in [3.05, 3.63) is 0 Å². The predicted octanol–water partition coefficient (Wildman–Crippen LogP) is 1.09. The van der Waals surface area contributed by atoms with Crippen LogP contribution in [0.5, 0.6) is 0 Å². The van der Waals surface area contributed by atoms with Crippen LogP contribution in [0, 0.1) is 10.8 Å². The third-order valence-electron chi connectivity index (χ3n) is 4.24. The highest BCUT2D eigenvalue weighted by Crippen LogP contribution is 2.21. The SMILES string of the molecule is COC(=O)C(C)(C)CCNC(=S)NCCNC(=S)NCCC(C)(C)C(=O)OC. The van der Waals surface area contributed by atoms with Gasteiger partial charge in [-0.25, -0.2) is 0 Å². The van der Waals surface area contributed by atoms with Crippen LogP contribution in [-0.4, -0.2) is 62.6 Å². The first kappa shape index (κ1) is 26.3. The molecule has 0 saturated carbocycles. The quantitative estimate of drug-likeness (QED) is 0.215. The number of carbonyl (C=O) groups is 2. The van der Waals surface area contributed by atoms with E-state index in [2.05, 4.69) is 21.3 Å². The highest BCUT2D eigenvalue weighted by molar-refractivity contribution is 7.80. The summed E-state index contributed by atoms with van der Waals surface area (Å²) in [6.45, 7) is 9.64. The van der Waals surface area contributed by atoms with E-state index in [0.717, 1.165) is 0 Å². The lowest BCUT2D eigenvalue weighted by molar-refractivity contribution is -0.151. The summed E-state index contributed by atoms with van der Waals surface area (Å²) < 4.78 is 9.55. The van der Waals surface area contributed by atoms with Crippen molar-refractivity contribution in [3.63, 3.8) is 0 Å². The van der Waals surface area contributed by atoms with E-state index in [1.807, 2.05) is 27.7 Å². The zero-order valence-corrected chi connectivity index (χ0v) is 19.3. The van der Waals surface area contributed by atoms with Gasteiger partial charge in [-0.15, -0.1) is 0 Å². The second kappa shape index (κ2) is 12.7. The lowest BCUT2D eigenvalue weighted by Crippen LogP contribution is -2.44. The first-order valence-corrected chi connectivity index (χ1v) is 9.98. The second-order valence-corrected chi connectivity index (χ2v) is 8.43. The summed E-state index contributed by atoms with van der Waals surface area (Å²) in [4.78, 5) is 23.2. The van der Waals surface area contributed by atoms with Crippen molar-refractivity contribution in [2.75, 3.05) is 40.4 Å². The van der Waals surface area contributed by atoms with Crippen LogP contribution < -0.4 is 21.3 Å². The third-order valence-corrected chi connectivity index (χ3v) is 4.82. The van der Waals surface area contributed by atoms with Crippen molar-refractivity contribution >= 4 is 46.6 Å². The van der Waals surface area contributed by atoms with Crippen LogP contribution in [0.2, 0.25) is 0 Å². The van der Waals surface area contributed by atoms with Gasteiger partial charge in [-0.2, -0.15) is 0 Å². The Morgan fingerprint density at radius 1 is 0.679 bits per heavy atom. The molecule has 0 aromatic rings. The molecule has 0 amide bonds. The maximum absolute atomic E-state index is 11.6. The molecule has 8 nitrogen and oxygen atoms in total. The number of thiocarbonyl (C=S) groups is 2. The number of methoxy groups -OCH3 is 2. The summed E-state index contributed by atoms with van der Waals surface area (Å²) >= 11 is 10.4. The molecule has 0 spiro atoms. The summed E-state index contributed by atoms with van der Waals surface area (Å²) in [5.74, 6) is -0.485. The van der Waals surface area contributed by atoms with Crippen LogP contribution in [0.15, 0.2) is 0 Å². The van der Waals surface area contributed by atoms with Crippen LogP contribution in [0.1, 0.15) is 40.5 Å². The maximum atomic E-state index is 11.6. The molecule has 0 heterocycles. The molecule has 0 saturated heterocycles. The minimum Gasteiger partial charge on any atom is -0.469 e. The molecule has 28 heavy (non-hydrogen) atoms. The summed E-state index contributed by atoms with van der Waals surface area (Å²) in [5.41, 5.74) is -1.11. The number of ether oxygens (including phenoxy) is 2. The third kappa shape index (κ3) is 10.6. The van der Waals surface area contributed by atoms with Gasteiger partial charge < -0.3 is 30.7 Å². The van der Waals surface area contributed by atoms with Gasteiger partial charge in [-0.05, 0) is 65.0 Å². The van der Waals surface area contributed by atoms with E-state index in [-0.39, 0.29) is 11.9 Å². The Kier molecular flexibility index (Phi) is 12.0. The number of nitrogens with one attached hydrogen (secondary N) is 4. The Bertz CT molecular complexity index is 506. The fourth-order valence-corrected chi connectivity index (χ4v) is 2.62. The molecule has 0 aromatic carbocycles. The minimum atomic E-state index is -0.556. The van der Waals surface area contributed by atoms with Crippen molar-refractivity contribution in [2.45, 2.75) is 40.5 Å². The van der Waals surface area contributed by atoms with Crippen LogP contribution in [0.25, 0.3) is 0 Å². The van der Waals surface area contributed by atoms with E-state index < -0.39 is 10.8 Å². The van der Waals surface area contributed by atoms with E-state index in [1.165, 1.54) is 14.2 Å². The van der Waals surface area contributed by atoms with Crippen molar-refractivity contribution < 1.29 is 19.1 Å². The van der Waals surface area contributed by atoms with Crippen molar-refractivity contribution in [3.8, 4) is 0 Å². The molecule has 0 rings (SSSR count). The average Bonchev–Trinajstić information content (AvgIpc) is 2.63. The van der Waals surface area contributed by atoms with E-state index in [0.29, 0.717) is 49.2 Å². The van der Waals surface area contributed by atoms with Gasteiger partial charge in [0.2, 0.25) is 0 Å². The van der Waals surface area contributed by atoms with Gasteiger partial charge in [0.1, 0.15) is 0 Å². The fourth-order valence-electron chi connectivity index (χ4n) is 2.21. The van der Waals surface area contributed by atoms with Crippen LogP contribution in [-0.2, 0) is 19.1 Å². The number of esters is 2. The van der Waals surface area contributed by atoms with Gasteiger partial charge in [0.05, 0.1) is 25.0 Å². The number of rotatable bonds is 11. The lowest BCUT2D eigenvalue weighted by Gasteiger charge is -2.22. The molecule has 0 aliphatic rings. The topological polar surface area (TPSA) is 101 Å². The molecule has 0 radical (unpaired) electrons. The summed E-state index contributed by atoms with van der Waals surface area (Å²) in [5, 5.41) is 13.3. The standard InChI is InChI=1S/C18H34N4O4S2/c1-17(2,13(23)25-5)7-9-19-15(27)21-11-12-22-16(28)20-10-8-18(3,4)14(24)26-6/h7-12H2,1-6H3,(H2,19,21,27)(H2,20,22,28). The molecule has 0 aliphatic carbocycles. The van der Waals surface area contributed by atoms with Crippen molar-refractivity contribution in [1.82, 2.24) is 21.3 Å². The van der Waals surface area contributed by atoms with Gasteiger partial charge in [0.15, 0.2) is 10.2 Å². The van der Waals surface area contributed by atoms with Gasteiger partial charge in [-0.1, -0.05) is 0 Å². The largest absolute Gasteiger partial charge is 0.469 e. The fraction of sp³-hybridized carbons (Fsp3) is 0.778. The van der Waals surface area contributed by atoms with E-state index in [1.54, 1.807) is 0 Å². The number of hydrogen-bond donors (Lipinski definition) is 4. The molecule has 4 N–H and O–H groups in total. The molecule has 0 aromatic heterocycles. The molecule has 0 aliphatic heterocycles. The maximum Gasteiger partial charge on any atom is 0.311 e. The van der Waals surface area contributed by atoms with Crippen molar-refractivity contribution in [1.29, 1.82) is 0 Å². The highest BCUT2D eigenvalue weighted by Gasteiger charge is 2.28. The normalized spacial score (nSPS) is 11.2. The molecular weight excluding hydrogens is 400 g/mol. The van der Waals surface area contributed by atoms with E-state index in [4.69, 9.17) is 33.9 Å². The monoisotopic (exact) mass is 434 g/mol. The van der Waals surface area contributed by atoms with E-state index in [9.17, 15) is 9.59 Å². The second-order valence-electron chi connectivity index (χ2n) is 7.62. The molecule has 162 valence electrons. The van der Waals surface area contributed by atoms with Gasteiger partial charge in [0.25, 0.3) is 0 Å². The van der Waals surface area contributed by atoms with Gasteiger partial charge in [-0.3, -0.25) is 9.59 Å². The first-order valence-electron chi connectivity index (χ1n) is 9.16. The molecule has 10 heteroatoms. The predicted molar refractivity (Wildman–Crippen MR) is 118 cm³/mol. The Morgan fingerprint density at radius 2 is 0.964 bits per heavy atom. The Labute approximate surface area is 178 Å². The summed E-state index contributed by atoms with van der Waals surface area (Å²) in [6.07, 6.45) is 1.21. The highest BCUT2D eigenvalue weighted by atomic mass is 32.1. The number of hydrogen-bond acceptors (Lipinski definition) is 6. The zero-order chi connectivity index (χ0) is 21.8. The van der Waals surface area contributed by atoms with Gasteiger partial charge in [0, 0.05) is 26.2 Å². The molecule has 0 bridgehead atoms. The smallest absolute Gasteiger partial charge is 0.311 e. The summed E-state index contributed by atoms with van der Waals surface area (Å²) in [6, 6.07) is 0. The molecule has 0 unspecified atom stereocenters. The lowest BCUT2D eigenvalue weighted by atomic mass is 9.89. The van der Waals surface area contributed by atoms with Gasteiger partial charge >= 0.3 is 11.9 Å². The minimum absolute atomic E-state index is 0.242. The Morgan fingerprint density at radius 3 is 1.25 bits per heavy atom. The molecular formula is C18H34N4O4S2. The van der Waals surface area contributed by atoms with E-state index >= 15 is 0 Å². The van der Waals surface area contributed by atoms with Crippen LogP contribution in [0.3, 0.4) is 0 Å². The zero-order valence-electron chi connectivity index (χ0n) is 17.7. The Balaban J connectivity index is 3.86.